The van der Waals surface area contributed by atoms with E-state index >= 15 is 0 Å². The van der Waals surface area contributed by atoms with Crippen LogP contribution >= 0.6 is 23.1 Å². The molecule has 0 aliphatic rings. The molecule has 0 spiro atoms. The average Bonchev–Trinajstić information content (AvgIpc) is 2.83. The van der Waals surface area contributed by atoms with Gasteiger partial charge in [-0.25, -0.2) is 9.18 Å². The molecule has 0 bridgehead atoms. The molecule has 0 saturated heterocycles. The highest BCUT2D eigenvalue weighted by Crippen LogP contribution is 2.24. The Morgan fingerprint density at radius 3 is 2.68 bits per heavy atom. The Bertz CT molecular complexity index is 627. The number of ether oxygens (including phenoxy) is 1. The van der Waals surface area contributed by atoms with Gasteiger partial charge in [0.05, 0.1) is 16.4 Å². The minimum absolute atomic E-state index is 0.0372. The lowest BCUT2D eigenvalue weighted by Gasteiger charge is -2.08. The summed E-state index contributed by atoms with van der Waals surface area (Å²) in [5.41, 5.74) is 1.79. The number of nitrogens with one attached hydrogen (secondary N) is 1. The van der Waals surface area contributed by atoms with Crippen LogP contribution in [0.3, 0.4) is 0 Å². The zero-order valence-corrected chi connectivity index (χ0v) is 14.4. The predicted molar refractivity (Wildman–Crippen MR) is 88.2 cm³/mol. The zero-order valence-electron chi connectivity index (χ0n) is 12.9. The number of benzene rings is 1. The fourth-order valence-corrected chi connectivity index (χ4v) is 2.44. The molecule has 0 aliphatic carbocycles. The van der Waals surface area contributed by atoms with Gasteiger partial charge in [0.15, 0.2) is 0 Å². The van der Waals surface area contributed by atoms with Gasteiger partial charge in [-0.2, -0.15) is 4.37 Å². The van der Waals surface area contributed by atoms with Gasteiger partial charge in [-0.3, -0.25) is 5.32 Å². The first-order valence-corrected chi connectivity index (χ1v) is 7.93. The van der Waals surface area contributed by atoms with Crippen LogP contribution in [0.15, 0.2) is 18.2 Å². The van der Waals surface area contributed by atoms with Gasteiger partial charge in [0.25, 0.3) is 0 Å². The molecule has 1 amide bonds. The molecule has 0 unspecified atom stereocenters. The standard InChI is InChI=1S/C13H12ClFN2O2S.C2H6/c1-7-12(8(2)20-17-7)16-13(18)19-6-9-4-3-5-10(15)11(9)14;1-2/h3-5H,6H2,1-2H3,(H,16,18);1-2H3. The summed E-state index contributed by atoms with van der Waals surface area (Å²) in [4.78, 5) is 12.6. The first-order chi connectivity index (χ1) is 10.5. The molecule has 0 atom stereocenters. The molecule has 22 heavy (non-hydrogen) atoms. The number of nitrogens with zero attached hydrogens (tertiary/aromatic N) is 1. The normalized spacial score (nSPS) is 9.73. The molecule has 0 saturated carbocycles. The second kappa shape index (κ2) is 8.70. The molecular formula is C15H18ClFN2O2S. The summed E-state index contributed by atoms with van der Waals surface area (Å²) in [6.45, 7) is 7.55. The molecule has 1 aromatic heterocycles. The van der Waals surface area contributed by atoms with E-state index in [1.54, 1.807) is 13.0 Å². The van der Waals surface area contributed by atoms with Crippen LogP contribution < -0.4 is 5.32 Å². The third-order valence-corrected chi connectivity index (χ3v) is 3.92. The summed E-state index contributed by atoms with van der Waals surface area (Å²) in [5.74, 6) is -0.540. The molecule has 0 fully saturated rings. The van der Waals surface area contributed by atoms with Crippen LogP contribution in [0.1, 0.15) is 30.0 Å². The third kappa shape index (κ3) is 4.68. The number of aromatic nitrogens is 1. The van der Waals surface area contributed by atoms with Crippen LogP contribution in [0.2, 0.25) is 5.02 Å². The maximum atomic E-state index is 13.2. The SMILES string of the molecule is CC.Cc1nsc(C)c1NC(=O)OCc1cccc(F)c1Cl. The van der Waals surface area contributed by atoms with E-state index in [1.165, 1.54) is 23.7 Å². The number of hydrogen-bond donors (Lipinski definition) is 1. The minimum Gasteiger partial charge on any atom is -0.444 e. The van der Waals surface area contributed by atoms with Crippen LogP contribution in [0.25, 0.3) is 0 Å². The average molecular weight is 345 g/mol. The van der Waals surface area contributed by atoms with E-state index in [0.717, 1.165) is 10.6 Å². The number of aryl methyl sites for hydroxylation is 2. The van der Waals surface area contributed by atoms with Crippen molar-refractivity contribution < 1.29 is 13.9 Å². The van der Waals surface area contributed by atoms with E-state index in [-0.39, 0.29) is 11.6 Å². The van der Waals surface area contributed by atoms with Crippen molar-refractivity contribution in [3.05, 3.63) is 45.2 Å². The quantitative estimate of drug-likeness (QED) is 0.819. The highest BCUT2D eigenvalue weighted by molar-refractivity contribution is 7.06. The molecule has 2 rings (SSSR count). The number of anilines is 1. The van der Waals surface area contributed by atoms with E-state index in [1.807, 2.05) is 20.8 Å². The van der Waals surface area contributed by atoms with E-state index in [0.29, 0.717) is 11.3 Å². The Hall–Kier alpha value is -1.66. The molecule has 1 heterocycles. The van der Waals surface area contributed by atoms with E-state index in [9.17, 15) is 9.18 Å². The smallest absolute Gasteiger partial charge is 0.412 e. The Morgan fingerprint density at radius 1 is 1.41 bits per heavy atom. The molecule has 1 N–H and O–H groups in total. The number of rotatable bonds is 3. The summed E-state index contributed by atoms with van der Waals surface area (Å²) in [6, 6.07) is 4.35. The lowest BCUT2D eigenvalue weighted by Crippen LogP contribution is -2.14. The van der Waals surface area contributed by atoms with Crippen LogP contribution in [0.4, 0.5) is 14.9 Å². The van der Waals surface area contributed by atoms with E-state index < -0.39 is 11.9 Å². The Kier molecular flexibility index (Phi) is 7.27. The minimum atomic E-state index is -0.628. The maximum absolute atomic E-state index is 13.2. The van der Waals surface area contributed by atoms with Gasteiger partial charge in [-0.15, -0.1) is 0 Å². The van der Waals surface area contributed by atoms with Crippen molar-refractivity contribution in [1.82, 2.24) is 4.37 Å². The number of amides is 1. The lowest BCUT2D eigenvalue weighted by atomic mass is 10.2. The van der Waals surface area contributed by atoms with Gasteiger partial charge in [0.1, 0.15) is 12.4 Å². The number of carbonyl (C=O) groups is 1. The largest absolute Gasteiger partial charge is 0.444 e. The topological polar surface area (TPSA) is 51.2 Å². The third-order valence-electron chi connectivity index (χ3n) is 2.65. The summed E-state index contributed by atoms with van der Waals surface area (Å²) >= 11 is 7.08. The molecule has 7 heteroatoms. The Balaban J connectivity index is 0.00000116. The van der Waals surface area contributed by atoms with Crippen molar-refractivity contribution in [1.29, 1.82) is 0 Å². The summed E-state index contributed by atoms with van der Waals surface area (Å²) in [7, 11) is 0. The maximum Gasteiger partial charge on any atom is 0.412 e. The number of hydrogen-bond acceptors (Lipinski definition) is 4. The summed E-state index contributed by atoms with van der Waals surface area (Å²) in [6.07, 6.45) is -0.628. The molecule has 1 aromatic carbocycles. The summed E-state index contributed by atoms with van der Waals surface area (Å²) < 4.78 is 22.4. The van der Waals surface area contributed by atoms with Crippen LogP contribution in [0.5, 0.6) is 0 Å². The zero-order chi connectivity index (χ0) is 16.7. The van der Waals surface area contributed by atoms with Crippen molar-refractivity contribution in [2.24, 2.45) is 0 Å². The monoisotopic (exact) mass is 344 g/mol. The second-order valence-electron chi connectivity index (χ2n) is 4.11. The second-order valence-corrected chi connectivity index (χ2v) is 5.47. The molecule has 120 valence electrons. The van der Waals surface area contributed by atoms with Gasteiger partial charge in [0, 0.05) is 10.4 Å². The molecule has 0 radical (unpaired) electrons. The lowest BCUT2D eigenvalue weighted by molar-refractivity contribution is 0.155. The predicted octanol–water partition coefficient (Wildman–Crippen LogP) is 5.33. The summed E-state index contributed by atoms with van der Waals surface area (Å²) in [5, 5.41) is 2.58. The van der Waals surface area contributed by atoms with E-state index in [4.69, 9.17) is 16.3 Å². The number of halogens is 2. The van der Waals surface area contributed by atoms with E-state index in [2.05, 4.69) is 9.69 Å². The van der Waals surface area contributed by atoms with Crippen LogP contribution in [-0.2, 0) is 11.3 Å². The fourth-order valence-electron chi connectivity index (χ4n) is 1.60. The van der Waals surface area contributed by atoms with Gasteiger partial charge < -0.3 is 4.74 Å². The van der Waals surface area contributed by atoms with Gasteiger partial charge in [-0.05, 0) is 31.4 Å². The molecular weight excluding hydrogens is 327 g/mol. The van der Waals surface area contributed by atoms with Crippen molar-refractivity contribution in [2.45, 2.75) is 34.3 Å². The van der Waals surface area contributed by atoms with Gasteiger partial charge >= 0.3 is 6.09 Å². The van der Waals surface area contributed by atoms with Crippen molar-refractivity contribution in [3.63, 3.8) is 0 Å². The molecule has 0 aliphatic heterocycles. The molecule has 4 nitrogen and oxygen atoms in total. The van der Waals surface area contributed by atoms with Gasteiger partial charge in [-0.1, -0.05) is 37.6 Å². The van der Waals surface area contributed by atoms with Crippen LogP contribution in [-0.4, -0.2) is 10.5 Å². The number of carbonyl (C=O) groups excluding carboxylic acids is 1. The molecule has 2 aromatic rings. The fraction of sp³-hybridized carbons (Fsp3) is 0.333. The van der Waals surface area contributed by atoms with Crippen molar-refractivity contribution in [2.75, 3.05) is 5.32 Å². The Labute approximate surface area is 138 Å². The van der Waals surface area contributed by atoms with Crippen LogP contribution in [0, 0.1) is 19.7 Å². The van der Waals surface area contributed by atoms with Crippen molar-refractivity contribution in [3.8, 4) is 0 Å². The highest BCUT2D eigenvalue weighted by atomic mass is 35.5. The first-order valence-electron chi connectivity index (χ1n) is 6.78. The van der Waals surface area contributed by atoms with Crippen molar-refractivity contribution >= 4 is 34.9 Å². The van der Waals surface area contributed by atoms with Gasteiger partial charge in [0.2, 0.25) is 0 Å². The first kappa shape index (κ1) is 18.4. The Morgan fingerprint density at radius 2 is 2.09 bits per heavy atom. The highest BCUT2D eigenvalue weighted by Gasteiger charge is 2.13.